The lowest BCUT2D eigenvalue weighted by Crippen LogP contribution is -2.23. The summed E-state index contributed by atoms with van der Waals surface area (Å²) in [6.07, 6.45) is 6.88. The third-order valence-electron chi connectivity index (χ3n) is 5.92. The average molecular weight is 455 g/mol. The second kappa shape index (κ2) is 9.69. The van der Waals surface area contributed by atoms with Crippen LogP contribution in [0.2, 0.25) is 0 Å². The standard InChI is InChI=1S/C25H26O6S/c1-15-6-5-9-18(26)8-4-2-3-7-16-12-20-23(24(28)22(16)25(29)30-15)19(13-21(27)31-20)17-10-11-32-14-17/h3,7,10-12,14-15,19,28H,2,4-6,8-9,13H2,1H3/b7-3+/t15-,19-/m0/s1. The number of benzene rings is 1. The molecule has 0 spiro atoms. The molecule has 6 nitrogen and oxygen atoms in total. The highest BCUT2D eigenvalue weighted by atomic mass is 32.1. The summed E-state index contributed by atoms with van der Waals surface area (Å²) in [4.78, 5) is 37.4. The first-order chi connectivity index (χ1) is 15.4. The Bertz CT molecular complexity index is 1050. The van der Waals surface area contributed by atoms with E-state index in [0.717, 1.165) is 12.0 Å². The molecule has 0 saturated heterocycles. The van der Waals surface area contributed by atoms with Gasteiger partial charge in [0.05, 0.1) is 12.5 Å². The van der Waals surface area contributed by atoms with E-state index in [0.29, 0.717) is 43.2 Å². The number of phenols is 1. The molecule has 0 unspecified atom stereocenters. The van der Waals surface area contributed by atoms with E-state index >= 15 is 0 Å². The molecule has 2 aromatic rings. The van der Waals surface area contributed by atoms with Crippen molar-refractivity contribution >= 4 is 35.1 Å². The number of esters is 2. The van der Waals surface area contributed by atoms with Gasteiger partial charge in [-0.1, -0.05) is 12.2 Å². The second-order valence-electron chi connectivity index (χ2n) is 8.33. The largest absolute Gasteiger partial charge is 0.507 e. The number of thiophene rings is 1. The molecule has 7 heteroatoms. The van der Waals surface area contributed by atoms with Crippen molar-refractivity contribution in [2.75, 3.05) is 0 Å². The van der Waals surface area contributed by atoms with Gasteiger partial charge in [0.2, 0.25) is 0 Å². The number of allylic oxidation sites excluding steroid dienone is 1. The number of aromatic hydroxyl groups is 1. The Morgan fingerprint density at radius 1 is 1.16 bits per heavy atom. The lowest BCUT2D eigenvalue weighted by Gasteiger charge is -2.27. The maximum atomic E-state index is 13.1. The van der Waals surface area contributed by atoms with Crippen LogP contribution in [0.3, 0.4) is 0 Å². The van der Waals surface area contributed by atoms with Crippen molar-refractivity contribution in [2.24, 2.45) is 0 Å². The number of carbonyl (C=O) groups excluding carboxylic acids is 3. The molecule has 1 aromatic heterocycles. The molecule has 0 bridgehead atoms. The van der Waals surface area contributed by atoms with E-state index in [2.05, 4.69) is 0 Å². The Kier molecular flexibility index (Phi) is 6.74. The van der Waals surface area contributed by atoms with Crippen LogP contribution >= 0.6 is 11.3 Å². The molecular formula is C25H26O6S. The van der Waals surface area contributed by atoms with E-state index in [4.69, 9.17) is 9.47 Å². The average Bonchev–Trinajstić information content (AvgIpc) is 3.27. The highest BCUT2D eigenvalue weighted by Gasteiger charge is 2.35. The number of cyclic esters (lactones) is 1. The van der Waals surface area contributed by atoms with Gasteiger partial charge in [0.15, 0.2) is 0 Å². The van der Waals surface area contributed by atoms with Gasteiger partial charge in [-0.15, -0.1) is 0 Å². The molecule has 2 atom stereocenters. The van der Waals surface area contributed by atoms with Crippen LogP contribution in [0.15, 0.2) is 29.0 Å². The minimum atomic E-state index is -0.623. The van der Waals surface area contributed by atoms with Gasteiger partial charge in [-0.25, -0.2) is 4.79 Å². The SMILES string of the molecule is C[C@H]1CCCC(=O)CCC/C=C/c2cc3c(c(O)c2C(=O)O1)[C@H](c1ccsc1)CC(=O)O3. The lowest BCUT2D eigenvalue weighted by molar-refractivity contribution is -0.135. The summed E-state index contributed by atoms with van der Waals surface area (Å²) in [6.45, 7) is 1.79. The fourth-order valence-electron chi connectivity index (χ4n) is 4.28. The van der Waals surface area contributed by atoms with Crippen molar-refractivity contribution < 1.29 is 29.0 Å². The van der Waals surface area contributed by atoms with Crippen LogP contribution in [0.5, 0.6) is 11.5 Å². The molecule has 168 valence electrons. The number of phenolic OH excluding ortho intramolecular Hbond substituents is 1. The van der Waals surface area contributed by atoms with Crippen molar-refractivity contribution in [3.8, 4) is 11.5 Å². The third-order valence-corrected chi connectivity index (χ3v) is 6.63. The summed E-state index contributed by atoms with van der Waals surface area (Å²) in [6, 6.07) is 3.53. The summed E-state index contributed by atoms with van der Waals surface area (Å²) >= 11 is 1.50. The Hall–Kier alpha value is -2.93. The van der Waals surface area contributed by atoms with Crippen molar-refractivity contribution in [2.45, 2.75) is 63.9 Å². The molecule has 2 aliphatic rings. The molecule has 32 heavy (non-hydrogen) atoms. The van der Waals surface area contributed by atoms with Gasteiger partial charge in [-0.3, -0.25) is 9.59 Å². The number of rotatable bonds is 1. The van der Waals surface area contributed by atoms with Gasteiger partial charge in [-0.2, -0.15) is 11.3 Å². The highest BCUT2D eigenvalue weighted by molar-refractivity contribution is 7.08. The summed E-state index contributed by atoms with van der Waals surface area (Å²) in [5.41, 5.74) is 1.84. The normalized spacial score (nSPS) is 23.3. The molecule has 1 N–H and O–H groups in total. The zero-order valence-corrected chi connectivity index (χ0v) is 18.8. The maximum Gasteiger partial charge on any atom is 0.342 e. The first-order valence-electron chi connectivity index (χ1n) is 11.0. The van der Waals surface area contributed by atoms with E-state index in [1.165, 1.54) is 11.3 Å². The summed E-state index contributed by atoms with van der Waals surface area (Å²) in [7, 11) is 0. The number of carbonyl (C=O) groups is 3. The van der Waals surface area contributed by atoms with E-state index in [9.17, 15) is 19.5 Å². The third kappa shape index (κ3) is 4.78. The monoisotopic (exact) mass is 454 g/mol. The van der Waals surface area contributed by atoms with Crippen molar-refractivity contribution in [1.82, 2.24) is 0 Å². The highest BCUT2D eigenvalue weighted by Crippen LogP contribution is 2.47. The van der Waals surface area contributed by atoms with Crippen molar-refractivity contribution in [3.63, 3.8) is 0 Å². The second-order valence-corrected chi connectivity index (χ2v) is 9.11. The number of hydrogen-bond acceptors (Lipinski definition) is 7. The lowest BCUT2D eigenvalue weighted by atomic mass is 9.84. The first-order valence-corrected chi connectivity index (χ1v) is 11.9. The van der Waals surface area contributed by atoms with E-state index in [-0.39, 0.29) is 35.2 Å². The molecule has 2 aliphatic heterocycles. The predicted molar refractivity (Wildman–Crippen MR) is 121 cm³/mol. The van der Waals surface area contributed by atoms with Gasteiger partial charge < -0.3 is 14.6 Å². The van der Waals surface area contributed by atoms with E-state index in [1.807, 2.05) is 22.9 Å². The molecule has 0 radical (unpaired) electrons. The number of fused-ring (bicyclic) bond motifs is 2. The molecule has 0 fully saturated rings. The van der Waals surface area contributed by atoms with Crippen LogP contribution in [0.4, 0.5) is 0 Å². The summed E-state index contributed by atoms with van der Waals surface area (Å²) < 4.78 is 11.1. The van der Waals surface area contributed by atoms with Gasteiger partial charge in [-0.05, 0) is 66.6 Å². The van der Waals surface area contributed by atoms with Crippen LogP contribution in [-0.2, 0) is 14.3 Å². The Labute approximate surface area is 190 Å². The van der Waals surface area contributed by atoms with Crippen LogP contribution in [0.25, 0.3) is 6.08 Å². The fourth-order valence-corrected chi connectivity index (χ4v) is 4.99. The van der Waals surface area contributed by atoms with Crippen LogP contribution < -0.4 is 4.74 Å². The minimum Gasteiger partial charge on any atom is -0.507 e. The molecule has 3 heterocycles. The van der Waals surface area contributed by atoms with Gasteiger partial charge in [0.25, 0.3) is 0 Å². The first kappa shape index (κ1) is 22.3. The number of ether oxygens (including phenoxy) is 2. The van der Waals surface area contributed by atoms with Crippen LogP contribution in [0.1, 0.15) is 84.8 Å². The number of ketones is 1. The Balaban J connectivity index is 1.79. The number of Topliss-reactive ketones (excluding diaryl/α,β-unsaturated/α-hetero) is 1. The van der Waals surface area contributed by atoms with Gasteiger partial charge >= 0.3 is 11.9 Å². The quantitative estimate of drug-likeness (QED) is 0.460. The maximum absolute atomic E-state index is 13.1. The zero-order valence-electron chi connectivity index (χ0n) is 18.0. The molecule has 0 saturated carbocycles. The van der Waals surface area contributed by atoms with Crippen molar-refractivity contribution in [3.05, 3.63) is 51.2 Å². The summed E-state index contributed by atoms with van der Waals surface area (Å²) in [5.74, 6) is -1.13. The molecular weight excluding hydrogens is 428 g/mol. The molecule has 4 rings (SSSR count). The zero-order chi connectivity index (χ0) is 22.7. The molecule has 0 aliphatic carbocycles. The Morgan fingerprint density at radius 2 is 1.97 bits per heavy atom. The van der Waals surface area contributed by atoms with E-state index in [1.54, 1.807) is 19.1 Å². The minimum absolute atomic E-state index is 0.0816. The molecule has 1 aromatic carbocycles. The molecule has 0 amide bonds. The van der Waals surface area contributed by atoms with Crippen molar-refractivity contribution in [1.29, 1.82) is 0 Å². The van der Waals surface area contributed by atoms with Gasteiger partial charge in [0, 0.05) is 24.3 Å². The van der Waals surface area contributed by atoms with E-state index < -0.39 is 18.0 Å². The van der Waals surface area contributed by atoms with Gasteiger partial charge in [0.1, 0.15) is 22.8 Å². The smallest absolute Gasteiger partial charge is 0.342 e. The topological polar surface area (TPSA) is 89.9 Å². The number of hydrogen-bond donors (Lipinski definition) is 1. The van der Waals surface area contributed by atoms with Crippen LogP contribution in [0, 0.1) is 0 Å². The van der Waals surface area contributed by atoms with Crippen LogP contribution in [-0.4, -0.2) is 28.9 Å². The summed E-state index contributed by atoms with van der Waals surface area (Å²) in [5, 5.41) is 15.1. The fraction of sp³-hybridized carbons (Fsp3) is 0.400. The predicted octanol–water partition coefficient (Wildman–Crippen LogP) is 5.38. The Morgan fingerprint density at radius 3 is 2.75 bits per heavy atom.